The van der Waals surface area contributed by atoms with Crippen molar-refractivity contribution in [3.8, 4) is 0 Å². The summed E-state index contributed by atoms with van der Waals surface area (Å²) in [5.41, 5.74) is 6.87. The maximum absolute atomic E-state index is 6.00. The van der Waals surface area contributed by atoms with E-state index in [-0.39, 0.29) is 5.11 Å². The van der Waals surface area contributed by atoms with Gasteiger partial charge in [0.2, 0.25) is 5.11 Å². The van der Waals surface area contributed by atoms with Crippen molar-refractivity contribution < 1.29 is 0 Å². The Hall–Kier alpha value is -1.95. The number of hydrogen-bond acceptors (Lipinski definition) is 3. The maximum Gasteiger partial charge on any atom is 0.207 e. The van der Waals surface area contributed by atoms with Crippen LogP contribution in [-0.4, -0.2) is 17.5 Å². The summed E-state index contributed by atoms with van der Waals surface area (Å²) in [6.07, 6.45) is 3.15. The lowest BCUT2D eigenvalue weighted by atomic mass is 10.2. The summed E-state index contributed by atoms with van der Waals surface area (Å²) in [5, 5.41) is 9.45. The molecule has 112 valence electrons. The minimum atomic E-state index is 0.256. The molecule has 0 unspecified atom stereocenters. The van der Waals surface area contributed by atoms with Crippen molar-refractivity contribution in [2.75, 3.05) is 0 Å². The van der Waals surface area contributed by atoms with Crippen LogP contribution in [0.5, 0.6) is 0 Å². The molecule has 0 aliphatic carbocycles. The quantitative estimate of drug-likeness (QED) is 0.500. The Kier molecular flexibility index (Phi) is 6.33. The molecule has 2 aromatic rings. The van der Waals surface area contributed by atoms with E-state index in [0.717, 1.165) is 11.1 Å². The van der Waals surface area contributed by atoms with Crippen LogP contribution in [0.15, 0.2) is 58.7 Å². The monoisotopic (exact) mass is 350 g/mol. The van der Waals surface area contributed by atoms with Crippen molar-refractivity contribution in [2.45, 2.75) is 0 Å². The fourth-order valence-corrected chi connectivity index (χ4v) is 1.98. The standard InChI is InChI=1S/C15H12Cl2N4S/c16-13-7-3-1-5-11(13)9-18-20-15(22)21-19-10-12-6-2-4-8-14(12)17/h1-10H,(H2,20,21,22)/b18-9+,19-10?. The van der Waals surface area contributed by atoms with Gasteiger partial charge in [0.15, 0.2) is 0 Å². The summed E-state index contributed by atoms with van der Waals surface area (Å²) in [6, 6.07) is 14.7. The zero-order valence-corrected chi connectivity index (χ0v) is 13.7. The number of thiocarbonyl (C=S) groups is 1. The lowest BCUT2D eigenvalue weighted by Gasteiger charge is -2.02. The molecule has 0 amide bonds. The lowest BCUT2D eigenvalue weighted by Crippen LogP contribution is -2.28. The largest absolute Gasteiger partial charge is 0.252 e. The number of benzene rings is 2. The van der Waals surface area contributed by atoms with Gasteiger partial charge in [-0.05, 0) is 24.4 Å². The Morgan fingerprint density at radius 1 is 0.818 bits per heavy atom. The Labute approximate surface area is 143 Å². The first kappa shape index (κ1) is 16.4. The third kappa shape index (κ3) is 5.11. The summed E-state index contributed by atoms with van der Waals surface area (Å²) in [6.45, 7) is 0. The van der Waals surface area contributed by atoms with Crippen molar-refractivity contribution >= 4 is 53.0 Å². The third-order valence-corrected chi connectivity index (χ3v) is 3.42. The van der Waals surface area contributed by atoms with E-state index in [0.29, 0.717) is 10.0 Å². The van der Waals surface area contributed by atoms with Gasteiger partial charge in [-0.25, -0.2) is 0 Å². The predicted molar refractivity (Wildman–Crippen MR) is 97.0 cm³/mol. The first-order valence-corrected chi connectivity index (χ1v) is 7.44. The summed E-state index contributed by atoms with van der Waals surface area (Å²) in [5.74, 6) is 0. The van der Waals surface area contributed by atoms with Gasteiger partial charge >= 0.3 is 0 Å². The number of nitrogens with one attached hydrogen (secondary N) is 2. The van der Waals surface area contributed by atoms with Crippen molar-refractivity contribution in [3.05, 3.63) is 69.7 Å². The second-order valence-corrected chi connectivity index (χ2v) is 5.33. The molecule has 2 rings (SSSR count). The Morgan fingerprint density at radius 2 is 1.23 bits per heavy atom. The van der Waals surface area contributed by atoms with Crippen LogP contribution in [0.4, 0.5) is 0 Å². The molecule has 22 heavy (non-hydrogen) atoms. The zero-order valence-electron chi connectivity index (χ0n) is 11.3. The fourth-order valence-electron chi connectivity index (χ4n) is 1.51. The predicted octanol–water partition coefficient (Wildman–Crippen LogP) is 3.83. The number of halogens is 2. The van der Waals surface area contributed by atoms with Crippen LogP contribution in [0.3, 0.4) is 0 Å². The van der Waals surface area contributed by atoms with E-state index < -0.39 is 0 Å². The first-order valence-electron chi connectivity index (χ1n) is 6.28. The Balaban J connectivity index is 1.84. The van der Waals surface area contributed by atoms with E-state index in [2.05, 4.69) is 21.1 Å². The van der Waals surface area contributed by atoms with Crippen molar-refractivity contribution in [1.82, 2.24) is 10.9 Å². The molecule has 0 radical (unpaired) electrons. The van der Waals surface area contributed by atoms with Gasteiger partial charge in [0.1, 0.15) is 0 Å². The second-order valence-electron chi connectivity index (χ2n) is 4.11. The van der Waals surface area contributed by atoms with E-state index in [1.807, 2.05) is 36.4 Å². The average molecular weight is 351 g/mol. The number of rotatable bonds is 4. The molecule has 2 aromatic carbocycles. The number of hydrazone groups is 2. The van der Waals surface area contributed by atoms with Crippen LogP contribution in [0.1, 0.15) is 11.1 Å². The SMILES string of the molecule is S=C(NN=Cc1ccccc1Cl)N/N=C/c1ccccc1Cl. The lowest BCUT2D eigenvalue weighted by molar-refractivity contribution is 0.935. The highest BCUT2D eigenvalue weighted by Crippen LogP contribution is 2.12. The molecule has 0 bridgehead atoms. The Morgan fingerprint density at radius 3 is 1.64 bits per heavy atom. The van der Waals surface area contributed by atoms with Crippen molar-refractivity contribution in [3.63, 3.8) is 0 Å². The minimum Gasteiger partial charge on any atom is -0.252 e. The molecule has 0 aliphatic heterocycles. The summed E-state index contributed by atoms with van der Waals surface area (Å²) >= 11 is 17.0. The van der Waals surface area contributed by atoms with Crippen LogP contribution < -0.4 is 10.9 Å². The molecule has 0 fully saturated rings. The van der Waals surface area contributed by atoms with Crippen LogP contribution >= 0.6 is 35.4 Å². The Bertz CT molecular complexity index is 657. The van der Waals surface area contributed by atoms with E-state index in [1.54, 1.807) is 24.6 Å². The molecular weight excluding hydrogens is 339 g/mol. The average Bonchev–Trinajstić information content (AvgIpc) is 2.51. The highest BCUT2D eigenvalue weighted by atomic mass is 35.5. The van der Waals surface area contributed by atoms with Gasteiger partial charge < -0.3 is 0 Å². The van der Waals surface area contributed by atoms with Crippen molar-refractivity contribution in [1.29, 1.82) is 0 Å². The maximum atomic E-state index is 6.00. The number of hydrogen-bond donors (Lipinski definition) is 2. The van der Waals surface area contributed by atoms with E-state index >= 15 is 0 Å². The van der Waals surface area contributed by atoms with Gasteiger partial charge in [-0.2, -0.15) is 10.2 Å². The van der Waals surface area contributed by atoms with Gasteiger partial charge in [0.05, 0.1) is 12.4 Å². The molecule has 0 heterocycles. The van der Waals surface area contributed by atoms with E-state index in [4.69, 9.17) is 35.4 Å². The molecule has 0 spiro atoms. The van der Waals surface area contributed by atoms with Crippen LogP contribution in [0, 0.1) is 0 Å². The zero-order chi connectivity index (χ0) is 15.8. The molecule has 0 aliphatic rings. The van der Waals surface area contributed by atoms with E-state index in [9.17, 15) is 0 Å². The molecule has 0 saturated carbocycles. The van der Waals surface area contributed by atoms with Gasteiger partial charge in [-0.1, -0.05) is 59.6 Å². The van der Waals surface area contributed by atoms with E-state index in [1.165, 1.54) is 0 Å². The third-order valence-electron chi connectivity index (χ3n) is 2.55. The normalized spacial score (nSPS) is 11.0. The summed E-state index contributed by atoms with van der Waals surface area (Å²) in [4.78, 5) is 0. The molecule has 4 nitrogen and oxygen atoms in total. The summed E-state index contributed by atoms with van der Waals surface area (Å²) in [7, 11) is 0. The second kappa shape index (κ2) is 8.48. The van der Waals surface area contributed by atoms with Gasteiger partial charge in [-0.15, -0.1) is 0 Å². The molecule has 0 saturated heterocycles. The molecule has 0 aromatic heterocycles. The molecule has 2 N–H and O–H groups in total. The van der Waals surface area contributed by atoms with Crippen molar-refractivity contribution in [2.24, 2.45) is 10.2 Å². The van der Waals surface area contributed by atoms with Crippen LogP contribution in [0.2, 0.25) is 10.0 Å². The minimum absolute atomic E-state index is 0.256. The van der Waals surface area contributed by atoms with Crippen LogP contribution in [-0.2, 0) is 0 Å². The highest BCUT2D eigenvalue weighted by molar-refractivity contribution is 7.80. The molecule has 7 heteroatoms. The number of nitrogens with zero attached hydrogens (tertiary/aromatic N) is 2. The van der Waals surface area contributed by atoms with Crippen LogP contribution in [0.25, 0.3) is 0 Å². The fraction of sp³-hybridized carbons (Fsp3) is 0. The first-order chi connectivity index (χ1) is 10.7. The topological polar surface area (TPSA) is 48.8 Å². The molecule has 0 atom stereocenters. The van der Waals surface area contributed by atoms with Gasteiger partial charge in [-0.3, -0.25) is 10.9 Å². The summed E-state index contributed by atoms with van der Waals surface area (Å²) < 4.78 is 0. The molecular formula is C15H12Cl2N4S. The highest BCUT2D eigenvalue weighted by Gasteiger charge is 1.96. The smallest absolute Gasteiger partial charge is 0.207 e. The van der Waals surface area contributed by atoms with Gasteiger partial charge in [0, 0.05) is 21.2 Å². The van der Waals surface area contributed by atoms with Gasteiger partial charge in [0.25, 0.3) is 0 Å².